The normalized spacial score (nSPS) is 12.5. The molecule has 30 heavy (non-hydrogen) atoms. The zero-order valence-corrected chi connectivity index (χ0v) is 20.4. The minimum Gasteiger partial charge on any atom is -0.444 e. The zero-order chi connectivity index (χ0) is 21.7. The summed E-state index contributed by atoms with van der Waals surface area (Å²) < 4.78 is 6.89. The number of alkyl halides is 1. The summed E-state index contributed by atoms with van der Waals surface area (Å²) in [6, 6.07) is 7.96. The maximum atomic E-state index is 12.3. The summed E-state index contributed by atoms with van der Waals surface area (Å²) in [6.45, 7) is 10.2. The highest BCUT2D eigenvalue weighted by atomic mass is 79.9. The molecule has 158 valence electrons. The van der Waals surface area contributed by atoms with Crippen molar-refractivity contribution < 1.29 is 9.21 Å². The lowest BCUT2D eigenvalue weighted by atomic mass is 9.94. The van der Waals surface area contributed by atoms with Crippen LogP contribution in [0.2, 0.25) is 0 Å². The summed E-state index contributed by atoms with van der Waals surface area (Å²) in [5.74, 6) is 1.37. The first-order valence-electron chi connectivity index (χ1n) is 9.43. The van der Waals surface area contributed by atoms with Crippen LogP contribution in [-0.4, -0.2) is 15.9 Å². The molecule has 0 aliphatic rings. The van der Waals surface area contributed by atoms with Crippen molar-refractivity contribution in [2.45, 2.75) is 47.4 Å². The van der Waals surface area contributed by atoms with Gasteiger partial charge in [-0.15, -0.1) is 6.58 Å². The number of hydrogen-bond acceptors (Lipinski definition) is 6. The molecule has 0 saturated carbocycles. The van der Waals surface area contributed by atoms with E-state index in [4.69, 9.17) is 4.42 Å². The SMILES string of the molecule is C=CC(Sc1cnc(NC(=O)Cc2ccc(CBr)cc2)s1)c1ncc(C(C)(C)C)o1. The molecule has 0 saturated heterocycles. The molecule has 1 aromatic carbocycles. The standard InChI is InChI=1S/C22H24BrN3O2S2/c1-5-16(20-24-12-17(28-20)22(2,3)4)29-19-13-25-21(30-19)26-18(27)10-14-6-8-15(11-23)9-7-14/h5-9,12-13,16H,1,10-11H2,2-4H3,(H,25,26,27). The number of thioether (sulfide) groups is 1. The second-order valence-electron chi connectivity index (χ2n) is 7.75. The lowest BCUT2D eigenvalue weighted by Gasteiger charge is -2.13. The van der Waals surface area contributed by atoms with Gasteiger partial charge >= 0.3 is 0 Å². The molecule has 0 aliphatic heterocycles. The Morgan fingerprint density at radius 3 is 2.57 bits per heavy atom. The Hall–Kier alpha value is -1.90. The molecule has 5 nitrogen and oxygen atoms in total. The molecule has 0 aliphatic carbocycles. The monoisotopic (exact) mass is 505 g/mol. The van der Waals surface area contributed by atoms with E-state index in [9.17, 15) is 4.79 Å². The van der Waals surface area contributed by atoms with Crippen LogP contribution in [-0.2, 0) is 22.0 Å². The van der Waals surface area contributed by atoms with Gasteiger partial charge in [0.15, 0.2) is 5.13 Å². The van der Waals surface area contributed by atoms with Gasteiger partial charge in [0.1, 0.15) is 11.0 Å². The molecule has 1 N–H and O–H groups in total. The lowest BCUT2D eigenvalue weighted by molar-refractivity contribution is -0.115. The summed E-state index contributed by atoms with van der Waals surface area (Å²) in [5, 5.41) is 4.12. The first-order valence-corrected chi connectivity index (χ1v) is 12.2. The molecule has 8 heteroatoms. The Kier molecular flexibility index (Phi) is 7.55. The van der Waals surface area contributed by atoms with Crippen LogP contribution < -0.4 is 5.32 Å². The van der Waals surface area contributed by atoms with Crippen LogP contribution in [0.3, 0.4) is 0 Å². The van der Waals surface area contributed by atoms with Gasteiger partial charge in [-0.2, -0.15) is 0 Å². The third kappa shape index (κ3) is 6.06. The summed E-state index contributed by atoms with van der Waals surface area (Å²) in [4.78, 5) is 21.1. The van der Waals surface area contributed by atoms with E-state index in [0.717, 1.165) is 20.9 Å². The van der Waals surface area contributed by atoms with Crippen molar-refractivity contribution in [3.63, 3.8) is 0 Å². The van der Waals surface area contributed by atoms with Gasteiger partial charge in [-0.25, -0.2) is 9.97 Å². The average molecular weight is 506 g/mol. The minimum absolute atomic E-state index is 0.0877. The molecule has 0 bridgehead atoms. The number of nitrogens with zero attached hydrogens (tertiary/aromatic N) is 2. The number of halogens is 1. The fraction of sp³-hybridized carbons (Fsp3) is 0.318. The molecule has 2 aromatic heterocycles. The van der Waals surface area contributed by atoms with Crippen molar-refractivity contribution in [3.8, 4) is 0 Å². The largest absolute Gasteiger partial charge is 0.444 e. The Morgan fingerprint density at radius 2 is 1.97 bits per heavy atom. The molecule has 0 spiro atoms. The Labute approximate surface area is 193 Å². The van der Waals surface area contributed by atoms with E-state index in [1.54, 1.807) is 30.2 Å². The molecule has 3 rings (SSSR count). The molecule has 1 atom stereocenters. The number of benzene rings is 1. The molecule has 2 heterocycles. The van der Waals surface area contributed by atoms with E-state index in [1.807, 2.05) is 24.3 Å². The van der Waals surface area contributed by atoms with Crippen LogP contribution >= 0.6 is 39.0 Å². The predicted octanol–water partition coefficient (Wildman–Crippen LogP) is 6.52. The van der Waals surface area contributed by atoms with Gasteiger partial charge in [0.05, 0.1) is 23.0 Å². The van der Waals surface area contributed by atoms with Gasteiger partial charge in [0.25, 0.3) is 0 Å². The number of nitrogens with one attached hydrogen (secondary N) is 1. The number of rotatable bonds is 8. The third-order valence-corrected chi connectivity index (χ3v) is 7.12. The van der Waals surface area contributed by atoms with E-state index < -0.39 is 0 Å². The predicted molar refractivity (Wildman–Crippen MR) is 128 cm³/mol. The van der Waals surface area contributed by atoms with Crippen molar-refractivity contribution in [2.24, 2.45) is 0 Å². The summed E-state index contributed by atoms with van der Waals surface area (Å²) >= 11 is 6.39. The molecule has 0 radical (unpaired) electrons. The van der Waals surface area contributed by atoms with E-state index in [-0.39, 0.29) is 16.6 Å². The summed E-state index contributed by atoms with van der Waals surface area (Å²) in [7, 11) is 0. The minimum atomic E-state index is -0.127. The molecule has 3 aromatic rings. The van der Waals surface area contributed by atoms with Crippen molar-refractivity contribution in [1.29, 1.82) is 0 Å². The van der Waals surface area contributed by atoms with Gasteiger partial charge in [-0.1, -0.05) is 90.1 Å². The molecule has 1 unspecified atom stereocenters. The van der Waals surface area contributed by atoms with Crippen molar-refractivity contribution in [1.82, 2.24) is 9.97 Å². The van der Waals surface area contributed by atoms with Gasteiger partial charge in [-0.3, -0.25) is 4.79 Å². The highest BCUT2D eigenvalue weighted by Gasteiger charge is 2.23. The zero-order valence-electron chi connectivity index (χ0n) is 17.1. The third-order valence-electron chi connectivity index (χ3n) is 4.24. The molecule has 0 fully saturated rings. The van der Waals surface area contributed by atoms with Gasteiger partial charge in [0.2, 0.25) is 11.8 Å². The number of thiazole rings is 1. The first kappa shape index (κ1) is 22.8. The smallest absolute Gasteiger partial charge is 0.230 e. The van der Waals surface area contributed by atoms with Crippen molar-refractivity contribution in [2.75, 3.05) is 5.32 Å². The fourth-order valence-electron chi connectivity index (χ4n) is 2.56. The van der Waals surface area contributed by atoms with Crippen molar-refractivity contribution in [3.05, 3.63) is 72.1 Å². The number of oxazole rings is 1. The quantitative estimate of drug-likeness (QED) is 0.214. The van der Waals surface area contributed by atoms with E-state index >= 15 is 0 Å². The van der Waals surface area contributed by atoms with Crippen LogP contribution in [0.5, 0.6) is 0 Å². The molecular weight excluding hydrogens is 482 g/mol. The topological polar surface area (TPSA) is 68.0 Å². The highest BCUT2D eigenvalue weighted by molar-refractivity contribution is 9.08. The number of carbonyl (C=O) groups excluding carboxylic acids is 1. The van der Waals surface area contributed by atoms with Crippen LogP contribution in [0.25, 0.3) is 0 Å². The highest BCUT2D eigenvalue weighted by Crippen LogP contribution is 2.40. The van der Waals surface area contributed by atoms with Crippen LogP contribution in [0.1, 0.15) is 48.8 Å². The Balaban J connectivity index is 1.60. The first-order chi connectivity index (χ1) is 14.3. The van der Waals surface area contributed by atoms with Crippen LogP contribution in [0, 0.1) is 0 Å². The number of amides is 1. The van der Waals surface area contributed by atoms with Crippen LogP contribution in [0.15, 0.2) is 57.9 Å². The average Bonchev–Trinajstić information content (AvgIpc) is 3.36. The second-order valence-corrected chi connectivity index (χ2v) is 10.8. The fourth-order valence-corrected chi connectivity index (χ4v) is 4.91. The van der Waals surface area contributed by atoms with E-state index in [0.29, 0.717) is 17.4 Å². The Morgan fingerprint density at radius 1 is 1.27 bits per heavy atom. The maximum Gasteiger partial charge on any atom is 0.230 e. The lowest BCUT2D eigenvalue weighted by Crippen LogP contribution is -2.14. The van der Waals surface area contributed by atoms with Gasteiger partial charge in [-0.05, 0) is 11.1 Å². The van der Waals surface area contributed by atoms with E-state index in [1.165, 1.54) is 16.9 Å². The number of anilines is 1. The van der Waals surface area contributed by atoms with Gasteiger partial charge < -0.3 is 9.73 Å². The van der Waals surface area contributed by atoms with Crippen molar-refractivity contribution >= 4 is 50.1 Å². The van der Waals surface area contributed by atoms with Crippen LogP contribution in [0.4, 0.5) is 5.13 Å². The Bertz CT molecular complexity index is 1010. The van der Waals surface area contributed by atoms with E-state index in [2.05, 4.69) is 58.6 Å². The number of carbonyl (C=O) groups is 1. The summed E-state index contributed by atoms with van der Waals surface area (Å²) in [5.41, 5.74) is 2.05. The second kappa shape index (κ2) is 9.94. The number of aromatic nitrogens is 2. The maximum absolute atomic E-state index is 12.3. The number of hydrogen-bond donors (Lipinski definition) is 1. The molecular formula is C22H24BrN3O2S2. The summed E-state index contributed by atoms with van der Waals surface area (Å²) in [6.07, 6.45) is 5.64. The molecule has 1 amide bonds. The van der Waals surface area contributed by atoms with Gasteiger partial charge in [0, 0.05) is 10.7 Å².